The van der Waals surface area contributed by atoms with Gasteiger partial charge in [-0.2, -0.15) is 0 Å². The van der Waals surface area contributed by atoms with Crippen LogP contribution in [0.15, 0.2) is 35.6 Å². The molecule has 0 aliphatic carbocycles. The molecule has 0 aromatic carbocycles. The lowest BCUT2D eigenvalue weighted by molar-refractivity contribution is -0.169. The Morgan fingerprint density at radius 3 is 2.56 bits per heavy atom. The summed E-state index contributed by atoms with van der Waals surface area (Å²) in [5, 5.41) is 9.97. The van der Waals surface area contributed by atoms with Crippen molar-refractivity contribution in [3.05, 3.63) is 35.6 Å². The van der Waals surface area contributed by atoms with Crippen LogP contribution < -0.4 is 0 Å². The molecule has 0 saturated carbocycles. The molecule has 2 saturated heterocycles. The van der Waals surface area contributed by atoms with Gasteiger partial charge in [0.2, 0.25) is 5.91 Å². The van der Waals surface area contributed by atoms with E-state index in [0.717, 1.165) is 24.8 Å². The van der Waals surface area contributed by atoms with Crippen molar-refractivity contribution >= 4 is 27.0 Å². The topological polar surface area (TPSA) is 96.4 Å². The maximum atomic E-state index is 13.3. The van der Waals surface area contributed by atoms with Crippen LogP contribution in [0, 0.1) is 11.8 Å². The van der Waals surface area contributed by atoms with Crippen LogP contribution in [0.2, 0.25) is 13.1 Å². The van der Waals surface area contributed by atoms with Crippen LogP contribution in [0.25, 0.3) is 0 Å². The molecule has 0 bridgehead atoms. The van der Waals surface area contributed by atoms with E-state index in [0.29, 0.717) is 25.1 Å². The van der Waals surface area contributed by atoms with E-state index >= 15 is 0 Å². The molecule has 3 heterocycles. The first-order chi connectivity index (χ1) is 16.0. The molecule has 34 heavy (non-hydrogen) atoms. The van der Waals surface area contributed by atoms with Gasteiger partial charge in [-0.3, -0.25) is 4.79 Å². The molecule has 0 unspecified atom stereocenters. The quantitative estimate of drug-likeness (QED) is 0.269. The molecule has 2 fully saturated rings. The fourth-order valence-corrected chi connectivity index (χ4v) is 6.87. The summed E-state index contributed by atoms with van der Waals surface area (Å²) in [6.45, 7) is 15.0. The highest BCUT2D eigenvalue weighted by atomic mass is 28.3. The summed E-state index contributed by atoms with van der Waals surface area (Å²) >= 11 is 0. The standard InChI is InChI=1S/C25H38N2O6Si/c1-7-9-10-25(4,33-34(5)6)20-19-13-18(21(23(29)30)27(19)22(20)28)16(3)12-17-14-26(15-17)24(31)32-11-8-2/h8,12,17,19-20,34H,2,7,9-11,13-15H2,1,3-6H3,(H,29,30)/b16-12+/t19-,20-,25-/m1/s1. The number of fused-ring (bicyclic) bond motifs is 1. The van der Waals surface area contributed by atoms with Crippen LogP contribution in [-0.4, -0.2) is 73.3 Å². The number of amides is 2. The van der Waals surface area contributed by atoms with E-state index in [1.165, 1.54) is 11.0 Å². The summed E-state index contributed by atoms with van der Waals surface area (Å²) in [4.78, 5) is 40.5. The van der Waals surface area contributed by atoms with Gasteiger partial charge >= 0.3 is 12.1 Å². The number of rotatable bonds is 11. The zero-order valence-electron chi connectivity index (χ0n) is 21.0. The van der Waals surface area contributed by atoms with Crippen LogP contribution in [0.1, 0.15) is 46.5 Å². The monoisotopic (exact) mass is 490 g/mol. The highest BCUT2D eigenvalue weighted by Gasteiger charge is 2.61. The lowest BCUT2D eigenvalue weighted by Crippen LogP contribution is -2.67. The Bertz CT molecular complexity index is 907. The second-order valence-corrected chi connectivity index (χ2v) is 12.4. The summed E-state index contributed by atoms with van der Waals surface area (Å²) in [5.41, 5.74) is 1.10. The van der Waals surface area contributed by atoms with Crippen molar-refractivity contribution in [2.75, 3.05) is 19.7 Å². The fraction of sp³-hybridized carbons (Fsp3) is 0.640. The Hall–Kier alpha value is -2.39. The number of hydrogen-bond donors (Lipinski definition) is 1. The third-order valence-electron chi connectivity index (χ3n) is 7.01. The molecule has 9 heteroatoms. The largest absolute Gasteiger partial charge is 0.477 e. The Labute approximate surface area is 204 Å². The van der Waals surface area contributed by atoms with Crippen molar-refractivity contribution in [1.82, 2.24) is 9.80 Å². The number of allylic oxidation sites excluding steroid dienone is 1. The van der Waals surface area contributed by atoms with Gasteiger partial charge in [-0.05, 0) is 50.9 Å². The fourth-order valence-electron chi connectivity index (χ4n) is 5.53. The van der Waals surface area contributed by atoms with Crippen LogP contribution in [0.5, 0.6) is 0 Å². The molecule has 0 spiro atoms. The molecule has 8 nitrogen and oxygen atoms in total. The first-order valence-electron chi connectivity index (χ1n) is 12.2. The SMILES string of the molecule is C=CCOC(=O)N1CC(/C=C(\C)C2=C(C(=O)O)N3C(=O)[C@H]([C@@](C)(CCCC)O[SiH](C)C)[C@H]3C2)C1. The number of likely N-dealkylation sites (tertiary alicyclic amines) is 1. The Morgan fingerprint density at radius 1 is 1.32 bits per heavy atom. The Morgan fingerprint density at radius 2 is 2.00 bits per heavy atom. The number of aliphatic carboxylic acids is 1. The summed E-state index contributed by atoms with van der Waals surface area (Å²) in [7, 11) is -1.41. The highest BCUT2D eigenvalue weighted by molar-refractivity contribution is 6.48. The maximum absolute atomic E-state index is 13.3. The van der Waals surface area contributed by atoms with Crippen LogP contribution >= 0.6 is 0 Å². The second-order valence-electron chi connectivity index (χ2n) is 10.1. The number of carboxylic acids is 1. The predicted molar refractivity (Wildman–Crippen MR) is 132 cm³/mol. The summed E-state index contributed by atoms with van der Waals surface area (Å²) in [6, 6.07) is -0.182. The minimum absolute atomic E-state index is 0.0983. The van der Waals surface area contributed by atoms with E-state index in [1.54, 1.807) is 4.90 Å². The smallest absolute Gasteiger partial charge is 0.410 e. The van der Waals surface area contributed by atoms with Gasteiger partial charge in [-0.25, -0.2) is 9.59 Å². The van der Waals surface area contributed by atoms with Crippen molar-refractivity contribution in [2.45, 2.75) is 71.2 Å². The molecule has 188 valence electrons. The van der Waals surface area contributed by atoms with Gasteiger partial charge in [0.25, 0.3) is 0 Å². The van der Waals surface area contributed by atoms with Crippen molar-refractivity contribution in [2.24, 2.45) is 11.8 Å². The zero-order chi connectivity index (χ0) is 25.2. The van der Waals surface area contributed by atoms with Gasteiger partial charge in [-0.1, -0.05) is 38.5 Å². The molecule has 3 atom stereocenters. The lowest BCUT2D eigenvalue weighted by Gasteiger charge is -2.52. The van der Waals surface area contributed by atoms with E-state index in [2.05, 4.69) is 26.6 Å². The normalized spacial score (nSPS) is 24.5. The summed E-state index contributed by atoms with van der Waals surface area (Å²) < 4.78 is 11.5. The van der Waals surface area contributed by atoms with Gasteiger partial charge in [0, 0.05) is 19.0 Å². The summed E-state index contributed by atoms with van der Waals surface area (Å²) in [5.74, 6) is -1.41. The van der Waals surface area contributed by atoms with E-state index < -0.39 is 20.6 Å². The number of β-lactam (4-membered cyclic amide) rings is 1. The number of ether oxygens (including phenoxy) is 1. The van der Waals surface area contributed by atoms with Gasteiger partial charge in [0.1, 0.15) is 12.3 Å². The second kappa shape index (κ2) is 10.5. The molecule has 0 aromatic heterocycles. The average molecular weight is 491 g/mol. The van der Waals surface area contributed by atoms with E-state index in [9.17, 15) is 19.5 Å². The molecule has 0 aromatic rings. The van der Waals surface area contributed by atoms with Crippen molar-refractivity contribution in [1.29, 1.82) is 0 Å². The molecule has 3 aliphatic rings. The number of carboxylic acid groups (broad SMARTS) is 1. The van der Waals surface area contributed by atoms with Crippen LogP contribution in [-0.2, 0) is 18.8 Å². The molecular formula is C25H38N2O6Si. The van der Waals surface area contributed by atoms with Gasteiger partial charge in [0.15, 0.2) is 9.04 Å². The Balaban J connectivity index is 1.76. The van der Waals surface area contributed by atoms with Gasteiger partial charge < -0.3 is 24.1 Å². The molecular weight excluding hydrogens is 452 g/mol. The van der Waals surface area contributed by atoms with Crippen molar-refractivity contribution < 1.29 is 28.7 Å². The number of carbonyl (C=O) groups is 3. The number of carbonyl (C=O) groups excluding carboxylic acids is 2. The third kappa shape index (κ3) is 5.00. The van der Waals surface area contributed by atoms with E-state index in [1.807, 2.05) is 19.9 Å². The van der Waals surface area contributed by atoms with Gasteiger partial charge in [0.05, 0.1) is 17.6 Å². The molecule has 0 radical (unpaired) electrons. The van der Waals surface area contributed by atoms with E-state index in [-0.39, 0.29) is 42.2 Å². The Kier molecular flexibility index (Phi) is 8.08. The molecule has 2 amide bonds. The summed E-state index contributed by atoms with van der Waals surface area (Å²) in [6.07, 6.45) is 6.47. The lowest BCUT2D eigenvalue weighted by atomic mass is 9.72. The molecule has 3 rings (SSSR count). The van der Waals surface area contributed by atoms with Gasteiger partial charge in [-0.15, -0.1) is 0 Å². The number of unbranched alkanes of at least 4 members (excludes halogenated alkanes) is 1. The van der Waals surface area contributed by atoms with Crippen LogP contribution in [0.4, 0.5) is 4.79 Å². The first kappa shape index (κ1) is 26.2. The number of hydrogen-bond acceptors (Lipinski definition) is 5. The first-order valence-corrected chi connectivity index (χ1v) is 15.0. The zero-order valence-corrected chi connectivity index (χ0v) is 22.2. The van der Waals surface area contributed by atoms with Crippen LogP contribution in [0.3, 0.4) is 0 Å². The maximum Gasteiger partial charge on any atom is 0.410 e. The minimum Gasteiger partial charge on any atom is -0.477 e. The third-order valence-corrected chi connectivity index (χ3v) is 8.02. The minimum atomic E-state index is -1.41. The average Bonchev–Trinajstić information content (AvgIpc) is 3.07. The molecule has 3 aliphatic heterocycles. The number of nitrogens with zero attached hydrogens (tertiary/aromatic N) is 2. The predicted octanol–water partition coefficient (Wildman–Crippen LogP) is 3.71. The highest BCUT2D eigenvalue weighted by Crippen LogP contribution is 2.50. The van der Waals surface area contributed by atoms with Crippen molar-refractivity contribution in [3.63, 3.8) is 0 Å². The van der Waals surface area contributed by atoms with E-state index in [4.69, 9.17) is 9.16 Å². The van der Waals surface area contributed by atoms with Crippen molar-refractivity contribution in [3.8, 4) is 0 Å². The molecule has 1 N–H and O–H groups in total.